The van der Waals surface area contributed by atoms with Gasteiger partial charge in [-0.3, -0.25) is 0 Å². The van der Waals surface area contributed by atoms with Crippen LogP contribution >= 0.6 is 11.3 Å². The predicted octanol–water partition coefficient (Wildman–Crippen LogP) is 2.77. The van der Waals surface area contributed by atoms with Gasteiger partial charge in [0.1, 0.15) is 0 Å². The van der Waals surface area contributed by atoms with E-state index < -0.39 is 0 Å². The molecule has 0 amide bonds. The summed E-state index contributed by atoms with van der Waals surface area (Å²) in [4.78, 5) is 4.03. The van der Waals surface area contributed by atoms with Crippen molar-refractivity contribution in [3.05, 3.63) is 22.4 Å². The lowest BCUT2D eigenvalue weighted by Crippen LogP contribution is -2.47. The Morgan fingerprint density at radius 1 is 1.38 bits per heavy atom. The summed E-state index contributed by atoms with van der Waals surface area (Å²) in [5, 5.41) is 5.94. The molecule has 1 saturated carbocycles. The van der Waals surface area contributed by atoms with Crippen molar-refractivity contribution in [3.63, 3.8) is 0 Å². The fraction of sp³-hybridized carbons (Fsp3) is 0.765. The highest BCUT2D eigenvalue weighted by molar-refractivity contribution is 7.09. The second-order valence-electron chi connectivity index (χ2n) is 6.83. The molecule has 0 radical (unpaired) electrons. The van der Waals surface area contributed by atoms with Crippen molar-refractivity contribution < 1.29 is 4.74 Å². The molecule has 2 aliphatic rings. The third kappa shape index (κ3) is 4.78. The minimum absolute atomic E-state index is 0.422. The third-order valence-corrected chi connectivity index (χ3v) is 5.76. The zero-order valence-electron chi connectivity index (χ0n) is 13.1. The lowest BCUT2D eigenvalue weighted by molar-refractivity contribution is -0.000594. The summed E-state index contributed by atoms with van der Waals surface area (Å²) in [6, 6.07) is 5.21. The molecule has 21 heavy (non-hydrogen) atoms. The molecule has 0 unspecified atom stereocenters. The first-order chi connectivity index (χ1) is 10.3. The molecule has 1 saturated heterocycles. The zero-order chi connectivity index (χ0) is 14.5. The Hall–Kier alpha value is -0.420. The molecule has 1 aliphatic carbocycles. The molecule has 1 aliphatic heterocycles. The van der Waals surface area contributed by atoms with Crippen LogP contribution in [0.25, 0.3) is 0 Å². The average Bonchev–Trinajstić information content (AvgIpc) is 3.18. The fourth-order valence-electron chi connectivity index (χ4n) is 3.25. The molecule has 3 rings (SSSR count). The van der Waals surface area contributed by atoms with E-state index in [-0.39, 0.29) is 0 Å². The van der Waals surface area contributed by atoms with Gasteiger partial charge in [0.05, 0.1) is 0 Å². The molecule has 118 valence electrons. The van der Waals surface area contributed by atoms with Crippen molar-refractivity contribution in [2.75, 3.05) is 39.9 Å². The van der Waals surface area contributed by atoms with E-state index in [4.69, 9.17) is 4.74 Å². The van der Waals surface area contributed by atoms with Crippen molar-refractivity contribution in [3.8, 4) is 0 Å². The molecular formula is C17H28N2OS. The molecule has 0 aromatic carbocycles. The molecule has 0 spiro atoms. The summed E-state index contributed by atoms with van der Waals surface area (Å²) >= 11 is 1.87. The van der Waals surface area contributed by atoms with E-state index in [1.165, 1.54) is 50.1 Å². The van der Waals surface area contributed by atoms with E-state index in [1.807, 2.05) is 11.3 Å². The average molecular weight is 308 g/mol. The van der Waals surface area contributed by atoms with Crippen LogP contribution in [0.1, 0.15) is 30.6 Å². The van der Waals surface area contributed by atoms with Gasteiger partial charge in [-0.15, -0.1) is 11.3 Å². The van der Waals surface area contributed by atoms with Crippen molar-refractivity contribution in [2.45, 2.75) is 38.1 Å². The summed E-state index contributed by atoms with van der Waals surface area (Å²) in [5.41, 5.74) is 0.422. The van der Waals surface area contributed by atoms with Crippen LogP contribution in [-0.2, 0) is 11.2 Å². The highest BCUT2D eigenvalue weighted by Gasteiger charge is 2.35. The van der Waals surface area contributed by atoms with Crippen molar-refractivity contribution >= 4 is 11.3 Å². The first kappa shape index (κ1) is 15.5. The van der Waals surface area contributed by atoms with E-state index in [0.717, 1.165) is 25.8 Å². The van der Waals surface area contributed by atoms with E-state index in [9.17, 15) is 0 Å². The molecule has 3 nitrogen and oxygen atoms in total. The van der Waals surface area contributed by atoms with Crippen LogP contribution in [0, 0.1) is 5.41 Å². The Kier molecular flexibility index (Phi) is 5.33. The molecule has 4 heteroatoms. The molecule has 1 N–H and O–H groups in total. The van der Waals surface area contributed by atoms with Crippen LogP contribution in [0.5, 0.6) is 0 Å². The Bertz CT molecular complexity index is 410. The molecule has 1 aromatic rings. The fourth-order valence-corrected chi connectivity index (χ4v) is 3.95. The van der Waals surface area contributed by atoms with E-state index in [0.29, 0.717) is 5.41 Å². The van der Waals surface area contributed by atoms with Crippen LogP contribution in [0.2, 0.25) is 0 Å². The number of hydrogen-bond donors (Lipinski definition) is 1. The van der Waals surface area contributed by atoms with E-state index in [1.54, 1.807) is 0 Å². The summed E-state index contributed by atoms with van der Waals surface area (Å²) < 4.78 is 5.60. The van der Waals surface area contributed by atoms with Crippen molar-refractivity contribution in [1.29, 1.82) is 0 Å². The number of thiophene rings is 1. The zero-order valence-corrected chi connectivity index (χ0v) is 14.0. The van der Waals surface area contributed by atoms with Crippen LogP contribution in [0.3, 0.4) is 0 Å². The number of hydrogen-bond acceptors (Lipinski definition) is 4. The monoisotopic (exact) mass is 308 g/mol. The highest BCUT2D eigenvalue weighted by atomic mass is 32.1. The van der Waals surface area contributed by atoms with Gasteiger partial charge >= 0.3 is 0 Å². The SMILES string of the molecule is CN(CCc1cccs1)CC1(CNC2CC2)CCOCC1. The third-order valence-electron chi connectivity index (χ3n) is 4.82. The van der Waals surface area contributed by atoms with Crippen LogP contribution in [-0.4, -0.2) is 50.8 Å². The van der Waals surface area contributed by atoms with Crippen LogP contribution in [0.15, 0.2) is 17.5 Å². The smallest absolute Gasteiger partial charge is 0.0472 e. The van der Waals surface area contributed by atoms with Gasteiger partial charge in [0.15, 0.2) is 0 Å². The number of ether oxygens (including phenoxy) is 1. The molecule has 2 fully saturated rings. The lowest BCUT2D eigenvalue weighted by atomic mass is 9.79. The minimum atomic E-state index is 0.422. The van der Waals surface area contributed by atoms with Gasteiger partial charge in [0.2, 0.25) is 0 Å². The maximum atomic E-state index is 5.60. The Labute approximate surface area is 132 Å². The van der Waals surface area contributed by atoms with Gasteiger partial charge in [-0.05, 0) is 56.0 Å². The van der Waals surface area contributed by atoms with Gasteiger partial charge in [-0.2, -0.15) is 0 Å². The van der Waals surface area contributed by atoms with Gasteiger partial charge < -0.3 is 15.0 Å². The predicted molar refractivity (Wildman–Crippen MR) is 89.0 cm³/mol. The summed E-state index contributed by atoms with van der Waals surface area (Å²) in [6.07, 6.45) is 6.34. The van der Waals surface area contributed by atoms with Crippen molar-refractivity contribution in [1.82, 2.24) is 10.2 Å². The molecular weight excluding hydrogens is 280 g/mol. The van der Waals surface area contributed by atoms with Crippen molar-refractivity contribution in [2.24, 2.45) is 5.41 Å². The summed E-state index contributed by atoms with van der Waals surface area (Å²) in [6.45, 7) is 5.40. The number of nitrogens with one attached hydrogen (secondary N) is 1. The van der Waals surface area contributed by atoms with Crippen LogP contribution < -0.4 is 5.32 Å². The first-order valence-corrected chi connectivity index (χ1v) is 9.16. The number of rotatable bonds is 8. The summed E-state index contributed by atoms with van der Waals surface area (Å²) in [5.74, 6) is 0. The number of likely N-dealkylation sites (N-methyl/N-ethyl adjacent to an activating group) is 1. The van der Waals surface area contributed by atoms with Gasteiger partial charge in [-0.25, -0.2) is 0 Å². The van der Waals surface area contributed by atoms with E-state index in [2.05, 4.69) is 34.8 Å². The maximum absolute atomic E-state index is 5.60. The second kappa shape index (κ2) is 7.23. The second-order valence-corrected chi connectivity index (χ2v) is 7.87. The highest BCUT2D eigenvalue weighted by Crippen LogP contribution is 2.32. The first-order valence-electron chi connectivity index (χ1n) is 8.28. The minimum Gasteiger partial charge on any atom is -0.381 e. The normalized spacial score (nSPS) is 21.8. The molecule has 0 bridgehead atoms. The van der Waals surface area contributed by atoms with E-state index >= 15 is 0 Å². The molecule has 2 heterocycles. The Balaban J connectivity index is 1.49. The largest absolute Gasteiger partial charge is 0.381 e. The quantitative estimate of drug-likeness (QED) is 0.799. The van der Waals surface area contributed by atoms with Gasteiger partial charge in [0.25, 0.3) is 0 Å². The Morgan fingerprint density at radius 2 is 2.19 bits per heavy atom. The summed E-state index contributed by atoms with van der Waals surface area (Å²) in [7, 11) is 2.28. The molecule has 0 atom stereocenters. The molecule has 1 aromatic heterocycles. The standard InChI is InChI=1S/C17H28N2OS/c1-19(9-6-16-3-2-12-21-16)14-17(7-10-20-11-8-17)13-18-15-4-5-15/h2-3,12,15,18H,4-11,13-14H2,1H3. The maximum Gasteiger partial charge on any atom is 0.0472 e. The number of nitrogens with zero attached hydrogens (tertiary/aromatic N) is 1. The van der Waals surface area contributed by atoms with Gasteiger partial charge in [-0.1, -0.05) is 6.07 Å². The van der Waals surface area contributed by atoms with Crippen LogP contribution in [0.4, 0.5) is 0 Å². The lowest BCUT2D eigenvalue weighted by Gasteiger charge is -2.40. The topological polar surface area (TPSA) is 24.5 Å². The van der Waals surface area contributed by atoms with Gasteiger partial charge in [0, 0.05) is 43.8 Å². The Morgan fingerprint density at radius 3 is 2.86 bits per heavy atom.